The van der Waals surface area contributed by atoms with Crippen molar-refractivity contribution in [3.05, 3.63) is 23.8 Å². The Kier molecular flexibility index (Phi) is 5.17. The van der Waals surface area contributed by atoms with E-state index in [2.05, 4.69) is 10.2 Å². The Morgan fingerprint density at radius 2 is 1.88 bits per heavy atom. The second-order valence-electron chi connectivity index (χ2n) is 6.93. The number of hydrogen-bond donors (Lipinski definition) is 3. The van der Waals surface area contributed by atoms with Gasteiger partial charge in [-0.05, 0) is 37.5 Å². The molecule has 1 atom stereocenters. The lowest BCUT2D eigenvalue weighted by Crippen LogP contribution is -2.46. The van der Waals surface area contributed by atoms with E-state index in [9.17, 15) is 18.0 Å². The van der Waals surface area contributed by atoms with Crippen LogP contribution in [0.15, 0.2) is 18.2 Å². The van der Waals surface area contributed by atoms with Crippen LogP contribution in [0.3, 0.4) is 0 Å². The van der Waals surface area contributed by atoms with Crippen LogP contribution in [0.4, 0.5) is 29.3 Å². The van der Waals surface area contributed by atoms with Crippen molar-refractivity contribution in [2.75, 3.05) is 37.2 Å². The monoisotopic (exact) mass is 372 g/mol. The molecule has 144 valence electrons. The van der Waals surface area contributed by atoms with Crippen LogP contribution in [0.1, 0.15) is 24.8 Å². The standard InChI is InChI=1S/C17H23F3N4O2/c18-17(19,20)11-1-2-15(14(21)9-11)22-12-3-6-23(7-4-12)13-5-8-24(10-13)16(25)26/h1-2,9,12-13,22H,3-8,10,21H2,(H,25,26). The first kappa shape index (κ1) is 18.6. The molecule has 26 heavy (non-hydrogen) atoms. The van der Waals surface area contributed by atoms with E-state index in [1.54, 1.807) is 0 Å². The highest BCUT2D eigenvalue weighted by Crippen LogP contribution is 2.33. The maximum atomic E-state index is 12.7. The second-order valence-corrected chi connectivity index (χ2v) is 6.93. The molecular formula is C17H23F3N4O2. The number of nitrogens with one attached hydrogen (secondary N) is 1. The van der Waals surface area contributed by atoms with Crippen LogP contribution in [0.2, 0.25) is 0 Å². The van der Waals surface area contributed by atoms with Crippen LogP contribution in [0.25, 0.3) is 0 Å². The zero-order valence-corrected chi connectivity index (χ0v) is 14.3. The molecule has 2 heterocycles. The molecule has 1 amide bonds. The van der Waals surface area contributed by atoms with E-state index in [-0.39, 0.29) is 17.8 Å². The van der Waals surface area contributed by atoms with Crippen molar-refractivity contribution >= 4 is 17.5 Å². The highest BCUT2D eigenvalue weighted by molar-refractivity contribution is 5.67. The van der Waals surface area contributed by atoms with Crippen molar-refractivity contribution in [2.24, 2.45) is 0 Å². The Morgan fingerprint density at radius 1 is 1.19 bits per heavy atom. The first-order chi connectivity index (χ1) is 12.2. The molecule has 0 aromatic heterocycles. The summed E-state index contributed by atoms with van der Waals surface area (Å²) >= 11 is 0. The summed E-state index contributed by atoms with van der Waals surface area (Å²) in [6.45, 7) is 2.77. The van der Waals surface area contributed by atoms with Crippen molar-refractivity contribution in [1.29, 1.82) is 0 Å². The van der Waals surface area contributed by atoms with Crippen LogP contribution in [-0.2, 0) is 6.18 Å². The molecule has 2 fully saturated rings. The van der Waals surface area contributed by atoms with Gasteiger partial charge in [-0.1, -0.05) is 0 Å². The van der Waals surface area contributed by atoms with Gasteiger partial charge in [0.2, 0.25) is 0 Å². The Hall–Kier alpha value is -2.16. The molecule has 6 nitrogen and oxygen atoms in total. The zero-order chi connectivity index (χ0) is 18.9. The van der Waals surface area contributed by atoms with Gasteiger partial charge in [-0.15, -0.1) is 0 Å². The second kappa shape index (κ2) is 7.22. The lowest BCUT2D eigenvalue weighted by molar-refractivity contribution is -0.137. The maximum Gasteiger partial charge on any atom is 0.416 e. The minimum atomic E-state index is -4.40. The lowest BCUT2D eigenvalue weighted by atomic mass is 10.0. The third-order valence-electron chi connectivity index (χ3n) is 5.22. The van der Waals surface area contributed by atoms with Gasteiger partial charge in [0.05, 0.1) is 16.9 Å². The first-order valence-electron chi connectivity index (χ1n) is 8.69. The van der Waals surface area contributed by atoms with E-state index >= 15 is 0 Å². The van der Waals surface area contributed by atoms with Gasteiger partial charge >= 0.3 is 12.3 Å². The number of hydrogen-bond acceptors (Lipinski definition) is 4. The molecule has 2 aliphatic heterocycles. The fourth-order valence-electron chi connectivity index (χ4n) is 3.71. The Labute approximate surface area is 149 Å². The number of rotatable bonds is 3. The summed E-state index contributed by atoms with van der Waals surface area (Å²) in [5.74, 6) is 0. The van der Waals surface area contributed by atoms with Crippen molar-refractivity contribution in [3.8, 4) is 0 Å². The number of carbonyl (C=O) groups is 1. The number of alkyl halides is 3. The average molecular weight is 372 g/mol. The molecule has 4 N–H and O–H groups in total. The van der Waals surface area contributed by atoms with E-state index < -0.39 is 17.8 Å². The van der Waals surface area contributed by atoms with Gasteiger partial charge in [0.25, 0.3) is 0 Å². The summed E-state index contributed by atoms with van der Waals surface area (Å²) in [5, 5.41) is 12.3. The van der Waals surface area contributed by atoms with Gasteiger partial charge in [0.1, 0.15) is 0 Å². The number of nitrogen functional groups attached to an aromatic ring is 1. The van der Waals surface area contributed by atoms with E-state index in [0.717, 1.165) is 44.5 Å². The molecule has 0 bridgehead atoms. The van der Waals surface area contributed by atoms with Gasteiger partial charge in [-0.2, -0.15) is 13.2 Å². The fraction of sp³-hybridized carbons (Fsp3) is 0.588. The molecule has 0 aliphatic carbocycles. The summed E-state index contributed by atoms with van der Waals surface area (Å²) in [5.41, 5.74) is 5.64. The summed E-state index contributed by atoms with van der Waals surface area (Å²) < 4.78 is 38.1. The van der Waals surface area contributed by atoms with Crippen LogP contribution in [0.5, 0.6) is 0 Å². The van der Waals surface area contributed by atoms with Gasteiger partial charge < -0.3 is 21.1 Å². The fourth-order valence-corrected chi connectivity index (χ4v) is 3.71. The van der Waals surface area contributed by atoms with E-state index in [0.29, 0.717) is 18.8 Å². The van der Waals surface area contributed by atoms with Crippen LogP contribution in [0, 0.1) is 0 Å². The van der Waals surface area contributed by atoms with E-state index in [4.69, 9.17) is 10.8 Å². The number of likely N-dealkylation sites (tertiary alicyclic amines) is 2. The quantitative estimate of drug-likeness (QED) is 0.711. The molecule has 1 aromatic rings. The Balaban J connectivity index is 1.52. The number of halogens is 3. The zero-order valence-electron chi connectivity index (χ0n) is 14.3. The minimum absolute atomic E-state index is 0.0927. The molecule has 9 heteroatoms. The first-order valence-corrected chi connectivity index (χ1v) is 8.69. The van der Waals surface area contributed by atoms with Gasteiger partial charge in [-0.3, -0.25) is 4.90 Å². The van der Waals surface area contributed by atoms with Crippen molar-refractivity contribution in [2.45, 2.75) is 37.5 Å². The molecule has 3 rings (SSSR count). The van der Waals surface area contributed by atoms with Crippen LogP contribution in [-0.4, -0.2) is 59.3 Å². The highest BCUT2D eigenvalue weighted by Gasteiger charge is 2.33. The predicted octanol–water partition coefficient (Wildman–Crippen LogP) is 2.92. The van der Waals surface area contributed by atoms with Crippen molar-refractivity contribution in [3.63, 3.8) is 0 Å². The summed E-state index contributed by atoms with van der Waals surface area (Å²) in [4.78, 5) is 14.8. The molecule has 0 saturated carbocycles. The third-order valence-corrected chi connectivity index (χ3v) is 5.22. The average Bonchev–Trinajstić information content (AvgIpc) is 3.07. The summed E-state index contributed by atoms with van der Waals surface area (Å²) in [6, 6.07) is 3.76. The molecular weight excluding hydrogens is 349 g/mol. The van der Waals surface area contributed by atoms with Gasteiger partial charge in [-0.25, -0.2) is 4.79 Å². The van der Waals surface area contributed by atoms with Crippen molar-refractivity contribution < 1.29 is 23.1 Å². The smallest absolute Gasteiger partial charge is 0.416 e. The molecule has 0 spiro atoms. The van der Waals surface area contributed by atoms with E-state index in [1.165, 1.54) is 11.0 Å². The lowest BCUT2D eigenvalue weighted by Gasteiger charge is -2.36. The van der Waals surface area contributed by atoms with Crippen molar-refractivity contribution in [1.82, 2.24) is 9.80 Å². The highest BCUT2D eigenvalue weighted by atomic mass is 19.4. The number of carboxylic acid groups (broad SMARTS) is 1. The SMILES string of the molecule is Nc1cc(C(F)(F)F)ccc1NC1CCN(C2CCN(C(=O)O)C2)CC1. The van der Waals surface area contributed by atoms with Crippen LogP contribution < -0.4 is 11.1 Å². The Bertz CT molecular complexity index is 660. The minimum Gasteiger partial charge on any atom is -0.465 e. The van der Waals surface area contributed by atoms with Gasteiger partial charge in [0, 0.05) is 38.3 Å². The Morgan fingerprint density at radius 3 is 2.42 bits per heavy atom. The maximum absolute atomic E-state index is 12.7. The third kappa shape index (κ3) is 4.14. The molecule has 0 radical (unpaired) electrons. The molecule has 2 aliphatic rings. The van der Waals surface area contributed by atoms with E-state index in [1.807, 2.05) is 0 Å². The summed E-state index contributed by atoms with van der Waals surface area (Å²) in [7, 11) is 0. The molecule has 2 saturated heterocycles. The number of benzene rings is 1. The number of piperidine rings is 1. The largest absolute Gasteiger partial charge is 0.465 e. The summed E-state index contributed by atoms with van der Waals surface area (Å²) in [6.07, 6.45) is -2.75. The number of nitrogens with two attached hydrogens (primary N) is 1. The van der Waals surface area contributed by atoms with Gasteiger partial charge in [0.15, 0.2) is 0 Å². The van der Waals surface area contributed by atoms with Crippen LogP contribution >= 0.6 is 0 Å². The topological polar surface area (TPSA) is 81.8 Å². The number of nitrogens with zero attached hydrogens (tertiary/aromatic N) is 2. The normalized spacial score (nSPS) is 22.6. The number of anilines is 2. The molecule has 1 unspecified atom stereocenters. The predicted molar refractivity (Wildman–Crippen MR) is 92.1 cm³/mol. The number of amides is 1. The molecule has 1 aromatic carbocycles.